The van der Waals surface area contributed by atoms with Crippen LogP contribution in [0.4, 0.5) is 0 Å². The van der Waals surface area contributed by atoms with Crippen molar-refractivity contribution < 1.29 is 13.2 Å². The molecule has 0 radical (unpaired) electrons. The highest BCUT2D eigenvalue weighted by Crippen LogP contribution is 2.13. The van der Waals surface area contributed by atoms with Crippen LogP contribution in [0.1, 0.15) is 31.1 Å². The van der Waals surface area contributed by atoms with Crippen LogP contribution in [0.15, 0.2) is 29.2 Å². The molecule has 7 heteroatoms. The minimum absolute atomic E-state index is 0.128. The number of benzene rings is 1. The van der Waals surface area contributed by atoms with Gasteiger partial charge >= 0.3 is 0 Å². The molecule has 0 aliphatic carbocycles. The molecule has 0 aromatic heterocycles. The van der Waals surface area contributed by atoms with Crippen molar-refractivity contribution in [3.8, 4) is 0 Å². The summed E-state index contributed by atoms with van der Waals surface area (Å²) in [4.78, 5) is 11.8. The Balaban J connectivity index is 2.89. The monoisotopic (exact) mass is 299 g/mol. The maximum absolute atomic E-state index is 12.1. The van der Waals surface area contributed by atoms with Gasteiger partial charge in [0.05, 0.1) is 4.90 Å². The standard InChI is InChI=1S/C13H21N3O3S/c1-13(2,3)16-20(18,19)11-6-4-10(5-7-11)12(17)15-9-8-14/h4-7,16H,8-9,14H2,1-3H3,(H,15,17). The lowest BCUT2D eigenvalue weighted by molar-refractivity contribution is 0.0954. The fraction of sp³-hybridized carbons (Fsp3) is 0.462. The lowest BCUT2D eigenvalue weighted by Crippen LogP contribution is -2.40. The van der Waals surface area contributed by atoms with Crippen LogP contribution in [-0.2, 0) is 10.0 Å². The first kappa shape index (κ1) is 16.6. The van der Waals surface area contributed by atoms with E-state index in [1.165, 1.54) is 24.3 Å². The van der Waals surface area contributed by atoms with E-state index >= 15 is 0 Å². The molecule has 1 rings (SSSR count). The molecular formula is C13H21N3O3S. The highest BCUT2D eigenvalue weighted by Gasteiger charge is 2.22. The van der Waals surface area contributed by atoms with Gasteiger partial charge in [0.1, 0.15) is 0 Å². The van der Waals surface area contributed by atoms with Gasteiger partial charge in [-0.3, -0.25) is 4.79 Å². The molecule has 1 amide bonds. The zero-order valence-electron chi connectivity index (χ0n) is 11.9. The van der Waals surface area contributed by atoms with Gasteiger partial charge in [-0.25, -0.2) is 13.1 Å². The Kier molecular flexibility index (Phi) is 5.27. The Morgan fingerprint density at radius 1 is 1.20 bits per heavy atom. The van der Waals surface area contributed by atoms with Crippen LogP contribution >= 0.6 is 0 Å². The summed E-state index contributed by atoms with van der Waals surface area (Å²) in [5.74, 6) is -0.275. The SMILES string of the molecule is CC(C)(C)NS(=O)(=O)c1ccc(C(=O)NCCN)cc1. The van der Waals surface area contributed by atoms with Gasteiger partial charge in [0, 0.05) is 24.2 Å². The molecule has 0 spiro atoms. The van der Waals surface area contributed by atoms with Crippen LogP contribution in [0.5, 0.6) is 0 Å². The molecule has 1 aromatic rings. The predicted octanol–water partition coefficient (Wildman–Crippen LogP) is 0.452. The Morgan fingerprint density at radius 2 is 1.75 bits per heavy atom. The van der Waals surface area contributed by atoms with E-state index < -0.39 is 15.6 Å². The smallest absolute Gasteiger partial charge is 0.251 e. The molecule has 0 aliphatic heterocycles. The van der Waals surface area contributed by atoms with E-state index in [9.17, 15) is 13.2 Å². The second-order valence-electron chi connectivity index (χ2n) is 5.42. The van der Waals surface area contributed by atoms with Gasteiger partial charge < -0.3 is 11.1 Å². The van der Waals surface area contributed by atoms with Gasteiger partial charge in [-0.1, -0.05) is 0 Å². The normalized spacial score (nSPS) is 12.2. The van der Waals surface area contributed by atoms with Crippen LogP contribution in [0.3, 0.4) is 0 Å². The minimum Gasteiger partial charge on any atom is -0.351 e. The molecule has 6 nitrogen and oxygen atoms in total. The summed E-state index contributed by atoms with van der Waals surface area (Å²) in [7, 11) is -3.58. The number of nitrogens with two attached hydrogens (primary N) is 1. The largest absolute Gasteiger partial charge is 0.351 e. The van der Waals surface area contributed by atoms with Gasteiger partial charge in [-0.2, -0.15) is 0 Å². The summed E-state index contributed by atoms with van der Waals surface area (Å²) in [6.45, 7) is 6.02. The molecule has 0 bridgehead atoms. The van der Waals surface area contributed by atoms with Crippen molar-refractivity contribution in [3.63, 3.8) is 0 Å². The van der Waals surface area contributed by atoms with E-state index in [0.29, 0.717) is 18.7 Å². The molecule has 0 fully saturated rings. The molecule has 4 N–H and O–H groups in total. The Bertz CT molecular complexity index is 560. The number of carbonyl (C=O) groups excluding carboxylic acids is 1. The predicted molar refractivity (Wildman–Crippen MR) is 77.9 cm³/mol. The van der Waals surface area contributed by atoms with Gasteiger partial charge in [-0.15, -0.1) is 0 Å². The quantitative estimate of drug-likeness (QED) is 0.735. The molecule has 0 saturated carbocycles. The molecule has 0 saturated heterocycles. The van der Waals surface area contributed by atoms with Crippen LogP contribution in [0.25, 0.3) is 0 Å². The highest BCUT2D eigenvalue weighted by molar-refractivity contribution is 7.89. The van der Waals surface area contributed by atoms with E-state index in [1.807, 2.05) is 0 Å². The maximum atomic E-state index is 12.1. The lowest BCUT2D eigenvalue weighted by Gasteiger charge is -2.20. The third-order valence-corrected chi connectivity index (χ3v) is 4.07. The molecule has 1 aromatic carbocycles. The van der Waals surface area contributed by atoms with Crippen molar-refractivity contribution in [1.29, 1.82) is 0 Å². The Hall–Kier alpha value is -1.44. The summed E-state index contributed by atoms with van der Waals surface area (Å²) >= 11 is 0. The second kappa shape index (κ2) is 6.34. The van der Waals surface area contributed by atoms with E-state index in [2.05, 4.69) is 10.0 Å². The van der Waals surface area contributed by atoms with Crippen molar-refractivity contribution in [3.05, 3.63) is 29.8 Å². The molecule has 112 valence electrons. The van der Waals surface area contributed by atoms with Crippen LogP contribution in [0, 0.1) is 0 Å². The maximum Gasteiger partial charge on any atom is 0.251 e. The minimum atomic E-state index is -3.58. The fourth-order valence-electron chi connectivity index (χ4n) is 1.54. The second-order valence-corrected chi connectivity index (χ2v) is 7.11. The lowest BCUT2D eigenvalue weighted by atomic mass is 10.1. The van der Waals surface area contributed by atoms with Crippen molar-refractivity contribution >= 4 is 15.9 Å². The first-order chi connectivity index (χ1) is 9.15. The molecule has 0 atom stereocenters. The van der Waals surface area contributed by atoms with Crippen LogP contribution < -0.4 is 15.8 Å². The fourth-order valence-corrected chi connectivity index (χ4v) is 2.95. The third kappa shape index (κ3) is 4.92. The molecule has 0 unspecified atom stereocenters. The number of nitrogens with one attached hydrogen (secondary N) is 2. The summed E-state index contributed by atoms with van der Waals surface area (Å²) in [5.41, 5.74) is 5.13. The Morgan fingerprint density at radius 3 is 2.20 bits per heavy atom. The molecule has 20 heavy (non-hydrogen) atoms. The molecule has 0 heterocycles. The average molecular weight is 299 g/mol. The van der Waals surface area contributed by atoms with Gasteiger partial charge in [-0.05, 0) is 45.0 Å². The first-order valence-electron chi connectivity index (χ1n) is 6.28. The van der Waals surface area contributed by atoms with Crippen molar-refractivity contribution in [2.45, 2.75) is 31.2 Å². The number of hydrogen-bond acceptors (Lipinski definition) is 4. The van der Waals surface area contributed by atoms with E-state index in [0.717, 1.165) is 0 Å². The summed E-state index contributed by atoms with van der Waals surface area (Å²) < 4.78 is 26.7. The summed E-state index contributed by atoms with van der Waals surface area (Å²) in [6.07, 6.45) is 0. The number of hydrogen-bond donors (Lipinski definition) is 3. The summed E-state index contributed by atoms with van der Waals surface area (Å²) in [5, 5.41) is 2.62. The number of rotatable bonds is 5. The van der Waals surface area contributed by atoms with E-state index in [4.69, 9.17) is 5.73 Å². The number of amides is 1. The van der Waals surface area contributed by atoms with E-state index in [-0.39, 0.29) is 10.8 Å². The van der Waals surface area contributed by atoms with Gasteiger partial charge in [0.15, 0.2) is 0 Å². The van der Waals surface area contributed by atoms with Crippen molar-refractivity contribution in [2.24, 2.45) is 5.73 Å². The van der Waals surface area contributed by atoms with Crippen molar-refractivity contribution in [2.75, 3.05) is 13.1 Å². The highest BCUT2D eigenvalue weighted by atomic mass is 32.2. The zero-order chi connectivity index (χ0) is 15.4. The van der Waals surface area contributed by atoms with Crippen LogP contribution in [-0.4, -0.2) is 33.0 Å². The molecule has 0 aliphatic rings. The van der Waals surface area contributed by atoms with Crippen LogP contribution in [0.2, 0.25) is 0 Å². The number of sulfonamides is 1. The summed E-state index contributed by atoms with van der Waals surface area (Å²) in [6, 6.07) is 5.77. The van der Waals surface area contributed by atoms with Crippen molar-refractivity contribution in [1.82, 2.24) is 10.0 Å². The topological polar surface area (TPSA) is 101 Å². The first-order valence-corrected chi connectivity index (χ1v) is 7.76. The van der Waals surface area contributed by atoms with Gasteiger partial charge in [0.25, 0.3) is 5.91 Å². The third-order valence-electron chi connectivity index (χ3n) is 2.30. The Labute approximate surface area is 119 Å². The average Bonchev–Trinajstić information content (AvgIpc) is 2.33. The van der Waals surface area contributed by atoms with E-state index in [1.54, 1.807) is 20.8 Å². The zero-order valence-corrected chi connectivity index (χ0v) is 12.8. The molecular weight excluding hydrogens is 278 g/mol. The number of carbonyl (C=O) groups is 1. The van der Waals surface area contributed by atoms with Gasteiger partial charge in [0.2, 0.25) is 10.0 Å².